The standard InChI is InChI=1S/C20H19ClN4OS/c21-16-2-1-3-18(12-16)24-8-10-25(11-9-24)19(26)13-17-14-27-20(23-17)15-4-6-22-7-5-15/h1-7,12,14H,8-11,13H2. The van der Waals surface area contributed by atoms with Gasteiger partial charge in [0.1, 0.15) is 5.01 Å². The van der Waals surface area contributed by atoms with E-state index in [2.05, 4.69) is 20.9 Å². The smallest absolute Gasteiger partial charge is 0.228 e. The second-order valence-electron chi connectivity index (χ2n) is 6.40. The molecule has 0 aliphatic carbocycles. The first-order valence-corrected chi connectivity index (χ1v) is 10.1. The highest BCUT2D eigenvalue weighted by Gasteiger charge is 2.22. The van der Waals surface area contributed by atoms with Gasteiger partial charge < -0.3 is 9.80 Å². The number of halogens is 1. The number of benzene rings is 1. The lowest BCUT2D eigenvalue weighted by Crippen LogP contribution is -2.49. The van der Waals surface area contributed by atoms with Gasteiger partial charge >= 0.3 is 0 Å². The zero-order chi connectivity index (χ0) is 18.6. The molecule has 1 aliphatic heterocycles. The number of pyridine rings is 1. The first-order valence-electron chi connectivity index (χ1n) is 8.82. The van der Waals surface area contributed by atoms with E-state index in [0.29, 0.717) is 19.5 Å². The number of aromatic nitrogens is 2. The summed E-state index contributed by atoms with van der Waals surface area (Å²) in [6.45, 7) is 3.05. The lowest BCUT2D eigenvalue weighted by Gasteiger charge is -2.36. The van der Waals surface area contributed by atoms with E-state index in [-0.39, 0.29) is 5.91 Å². The molecule has 0 saturated carbocycles. The molecular formula is C20H19ClN4OS. The minimum absolute atomic E-state index is 0.132. The number of carbonyl (C=O) groups is 1. The number of hydrogen-bond donors (Lipinski definition) is 0. The van der Waals surface area contributed by atoms with E-state index in [1.54, 1.807) is 23.7 Å². The molecule has 3 heterocycles. The van der Waals surface area contributed by atoms with Crippen LogP contribution >= 0.6 is 22.9 Å². The summed E-state index contributed by atoms with van der Waals surface area (Å²) in [5.74, 6) is 0.132. The van der Waals surface area contributed by atoms with E-state index in [0.717, 1.165) is 40.1 Å². The summed E-state index contributed by atoms with van der Waals surface area (Å²) >= 11 is 7.64. The summed E-state index contributed by atoms with van der Waals surface area (Å²) < 4.78 is 0. The quantitative estimate of drug-likeness (QED) is 0.671. The minimum atomic E-state index is 0.132. The van der Waals surface area contributed by atoms with Gasteiger partial charge in [-0.25, -0.2) is 4.98 Å². The molecule has 0 N–H and O–H groups in total. The summed E-state index contributed by atoms with van der Waals surface area (Å²) in [4.78, 5) is 25.5. The third-order valence-electron chi connectivity index (χ3n) is 4.62. The molecular weight excluding hydrogens is 380 g/mol. The normalized spacial score (nSPS) is 14.4. The molecule has 1 fully saturated rings. The molecule has 1 aliphatic rings. The predicted octanol–water partition coefficient (Wildman–Crippen LogP) is 3.75. The van der Waals surface area contributed by atoms with Crippen molar-refractivity contribution in [2.75, 3.05) is 31.1 Å². The van der Waals surface area contributed by atoms with E-state index in [1.165, 1.54) is 0 Å². The van der Waals surface area contributed by atoms with Crippen LogP contribution < -0.4 is 4.90 Å². The van der Waals surface area contributed by atoms with Gasteiger partial charge in [-0.2, -0.15) is 0 Å². The van der Waals surface area contributed by atoms with Crippen LogP contribution in [0.2, 0.25) is 5.02 Å². The Morgan fingerprint density at radius 1 is 1.11 bits per heavy atom. The highest BCUT2D eigenvalue weighted by atomic mass is 35.5. The van der Waals surface area contributed by atoms with Gasteiger partial charge in [0.15, 0.2) is 0 Å². The molecule has 0 unspecified atom stereocenters. The largest absolute Gasteiger partial charge is 0.368 e. The Kier molecular flexibility index (Phi) is 5.36. The van der Waals surface area contributed by atoms with Crippen LogP contribution in [0.4, 0.5) is 5.69 Å². The summed E-state index contributed by atoms with van der Waals surface area (Å²) in [6, 6.07) is 11.7. The maximum absolute atomic E-state index is 12.7. The molecule has 1 aromatic carbocycles. The number of hydrogen-bond acceptors (Lipinski definition) is 5. The molecule has 138 valence electrons. The van der Waals surface area contributed by atoms with Crippen LogP contribution in [0.25, 0.3) is 10.6 Å². The van der Waals surface area contributed by atoms with Crippen molar-refractivity contribution in [1.29, 1.82) is 0 Å². The van der Waals surface area contributed by atoms with Crippen molar-refractivity contribution >= 4 is 34.5 Å². The molecule has 27 heavy (non-hydrogen) atoms. The fraction of sp³-hybridized carbons (Fsp3) is 0.250. The number of piperazine rings is 1. The summed E-state index contributed by atoms with van der Waals surface area (Å²) in [7, 11) is 0. The topological polar surface area (TPSA) is 49.3 Å². The fourth-order valence-corrected chi connectivity index (χ4v) is 4.18. The van der Waals surface area contributed by atoms with Crippen molar-refractivity contribution < 1.29 is 4.79 Å². The predicted molar refractivity (Wildman–Crippen MR) is 109 cm³/mol. The van der Waals surface area contributed by atoms with Crippen LogP contribution in [0, 0.1) is 0 Å². The number of carbonyl (C=O) groups excluding carboxylic acids is 1. The fourth-order valence-electron chi connectivity index (χ4n) is 3.17. The molecule has 1 amide bonds. The Balaban J connectivity index is 1.34. The maximum atomic E-state index is 12.7. The zero-order valence-electron chi connectivity index (χ0n) is 14.7. The van der Waals surface area contributed by atoms with Crippen molar-refractivity contribution in [3.63, 3.8) is 0 Å². The number of thiazole rings is 1. The van der Waals surface area contributed by atoms with Gasteiger partial charge in [0.25, 0.3) is 0 Å². The summed E-state index contributed by atoms with van der Waals surface area (Å²) in [5, 5.41) is 3.63. The highest BCUT2D eigenvalue weighted by molar-refractivity contribution is 7.13. The molecule has 1 saturated heterocycles. The molecule has 0 radical (unpaired) electrons. The Hall–Kier alpha value is -2.44. The van der Waals surface area contributed by atoms with Crippen LogP contribution in [0.1, 0.15) is 5.69 Å². The van der Waals surface area contributed by atoms with E-state index < -0.39 is 0 Å². The molecule has 0 bridgehead atoms. The van der Waals surface area contributed by atoms with E-state index >= 15 is 0 Å². The third-order valence-corrected chi connectivity index (χ3v) is 5.79. The molecule has 5 nitrogen and oxygen atoms in total. The van der Waals surface area contributed by atoms with Gasteiger partial charge in [-0.1, -0.05) is 17.7 Å². The van der Waals surface area contributed by atoms with Crippen LogP contribution in [0.5, 0.6) is 0 Å². The van der Waals surface area contributed by atoms with Gasteiger partial charge in [-0.15, -0.1) is 11.3 Å². The van der Waals surface area contributed by atoms with E-state index in [9.17, 15) is 4.79 Å². The number of anilines is 1. The average Bonchev–Trinajstić information content (AvgIpc) is 3.17. The van der Waals surface area contributed by atoms with Crippen molar-refractivity contribution in [2.24, 2.45) is 0 Å². The van der Waals surface area contributed by atoms with Crippen LogP contribution in [0.3, 0.4) is 0 Å². The van der Waals surface area contributed by atoms with Crippen molar-refractivity contribution in [3.8, 4) is 10.6 Å². The lowest BCUT2D eigenvalue weighted by atomic mass is 10.2. The van der Waals surface area contributed by atoms with E-state index in [1.807, 2.05) is 40.6 Å². The van der Waals surface area contributed by atoms with Gasteiger partial charge in [0, 0.05) is 60.2 Å². The molecule has 7 heteroatoms. The van der Waals surface area contributed by atoms with Gasteiger partial charge in [0.05, 0.1) is 12.1 Å². The molecule has 3 aromatic rings. The van der Waals surface area contributed by atoms with Crippen LogP contribution in [-0.4, -0.2) is 47.0 Å². The number of nitrogens with zero attached hydrogens (tertiary/aromatic N) is 4. The third kappa shape index (κ3) is 4.28. The second-order valence-corrected chi connectivity index (χ2v) is 7.70. The SMILES string of the molecule is O=C(Cc1csc(-c2ccncc2)n1)N1CCN(c2cccc(Cl)c2)CC1. The first-order chi connectivity index (χ1) is 13.2. The van der Waals surface area contributed by atoms with Crippen LogP contribution in [0.15, 0.2) is 54.2 Å². The van der Waals surface area contributed by atoms with Crippen LogP contribution in [-0.2, 0) is 11.2 Å². The highest BCUT2D eigenvalue weighted by Crippen LogP contribution is 2.24. The Bertz CT molecular complexity index is 922. The van der Waals surface area contributed by atoms with Gasteiger partial charge in [-0.05, 0) is 30.3 Å². The number of amides is 1. The minimum Gasteiger partial charge on any atom is -0.368 e. The average molecular weight is 399 g/mol. The monoisotopic (exact) mass is 398 g/mol. The van der Waals surface area contributed by atoms with Crippen molar-refractivity contribution in [1.82, 2.24) is 14.9 Å². The van der Waals surface area contributed by atoms with Crippen molar-refractivity contribution in [3.05, 3.63) is 64.9 Å². The van der Waals surface area contributed by atoms with E-state index in [4.69, 9.17) is 11.6 Å². The Labute approximate surface area is 167 Å². The lowest BCUT2D eigenvalue weighted by molar-refractivity contribution is -0.130. The Morgan fingerprint density at radius 3 is 2.63 bits per heavy atom. The van der Waals surface area contributed by atoms with Gasteiger partial charge in [-0.3, -0.25) is 9.78 Å². The summed E-state index contributed by atoms with van der Waals surface area (Å²) in [6.07, 6.45) is 3.85. The Morgan fingerprint density at radius 2 is 1.89 bits per heavy atom. The van der Waals surface area contributed by atoms with Gasteiger partial charge in [0.2, 0.25) is 5.91 Å². The summed E-state index contributed by atoms with van der Waals surface area (Å²) in [5.41, 5.74) is 2.97. The molecule has 0 atom stereocenters. The zero-order valence-corrected chi connectivity index (χ0v) is 16.3. The molecule has 2 aromatic heterocycles. The van der Waals surface area contributed by atoms with Crippen molar-refractivity contribution in [2.45, 2.75) is 6.42 Å². The molecule has 0 spiro atoms. The number of rotatable bonds is 4. The second kappa shape index (κ2) is 8.06. The maximum Gasteiger partial charge on any atom is 0.228 e. The molecule has 4 rings (SSSR count). The first kappa shape index (κ1) is 17.9.